The second kappa shape index (κ2) is 13.0. The van der Waals surface area contributed by atoms with Crippen LogP contribution < -0.4 is 10.3 Å². The van der Waals surface area contributed by atoms with Gasteiger partial charge in [-0.05, 0) is 29.3 Å². The summed E-state index contributed by atoms with van der Waals surface area (Å²) in [6.07, 6.45) is 2.28. The van der Waals surface area contributed by atoms with Crippen LogP contribution in [0.5, 0.6) is 0 Å². The summed E-state index contributed by atoms with van der Waals surface area (Å²) >= 11 is 12.4. The molecule has 43 heavy (non-hydrogen) atoms. The van der Waals surface area contributed by atoms with Crippen molar-refractivity contribution < 1.29 is 17.9 Å². The van der Waals surface area contributed by atoms with Gasteiger partial charge in [0, 0.05) is 32.2 Å². The van der Waals surface area contributed by atoms with E-state index >= 15 is 0 Å². The lowest BCUT2D eigenvalue weighted by Gasteiger charge is -2.35. The molecule has 1 atom stereocenters. The number of anilines is 1. The number of rotatable bonds is 9. The van der Waals surface area contributed by atoms with Crippen LogP contribution in [0.15, 0.2) is 71.7 Å². The van der Waals surface area contributed by atoms with Gasteiger partial charge >= 0.3 is 0 Å². The van der Waals surface area contributed by atoms with Crippen molar-refractivity contribution in [3.05, 3.63) is 92.8 Å². The molecular formula is C30H31Cl2N5O5S. The molecule has 0 aliphatic carbocycles. The number of carbonyl (C=O) groups is 1. The zero-order valence-electron chi connectivity index (χ0n) is 23.7. The molecule has 2 heterocycles. The van der Waals surface area contributed by atoms with Crippen molar-refractivity contribution >= 4 is 55.9 Å². The molecule has 13 heteroatoms. The molecule has 1 aromatic heterocycles. The van der Waals surface area contributed by atoms with E-state index in [4.69, 9.17) is 27.9 Å². The number of hydrogen-bond acceptors (Lipinski definition) is 7. The lowest BCUT2D eigenvalue weighted by atomic mass is 9.98. The number of para-hydroxylation sites is 1. The number of ether oxygens (including phenoxy) is 1. The van der Waals surface area contributed by atoms with Gasteiger partial charge in [0.1, 0.15) is 6.54 Å². The summed E-state index contributed by atoms with van der Waals surface area (Å²) in [5, 5.41) is 0.564. The topological polar surface area (TPSA) is 114 Å². The van der Waals surface area contributed by atoms with Crippen molar-refractivity contribution in [1.29, 1.82) is 0 Å². The van der Waals surface area contributed by atoms with E-state index in [1.54, 1.807) is 36.2 Å². The number of halogens is 2. The quantitative estimate of drug-likeness (QED) is 0.290. The number of amides is 1. The Hall–Kier alpha value is -3.48. The molecule has 0 radical (unpaired) electrons. The van der Waals surface area contributed by atoms with Crippen LogP contribution in [0.3, 0.4) is 0 Å². The molecule has 1 saturated heterocycles. The van der Waals surface area contributed by atoms with Crippen molar-refractivity contribution in [1.82, 2.24) is 19.4 Å². The summed E-state index contributed by atoms with van der Waals surface area (Å²) in [7, 11) is -1.74. The van der Waals surface area contributed by atoms with Gasteiger partial charge in [0.15, 0.2) is 0 Å². The van der Waals surface area contributed by atoms with Crippen molar-refractivity contribution in [2.45, 2.75) is 12.6 Å². The lowest BCUT2D eigenvalue weighted by molar-refractivity contribution is -0.133. The first-order valence-corrected chi connectivity index (χ1v) is 16.2. The highest BCUT2D eigenvalue weighted by Crippen LogP contribution is 2.31. The average Bonchev–Trinajstić information content (AvgIpc) is 2.98. The van der Waals surface area contributed by atoms with Gasteiger partial charge in [-0.25, -0.2) is 13.4 Å². The van der Waals surface area contributed by atoms with E-state index in [0.717, 1.165) is 36.0 Å². The number of hydrogen-bond donors (Lipinski definition) is 1. The third-order valence-corrected chi connectivity index (χ3v) is 8.72. The van der Waals surface area contributed by atoms with Crippen LogP contribution in [0, 0.1) is 0 Å². The van der Waals surface area contributed by atoms with Crippen LogP contribution in [0.2, 0.25) is 10.0 Å². The molecule has 1 amide bonds. The van der Waals surface area contributed by atoms with Gasteiger partial charge in [0.05, 0.1) is 58.5 Å². The summed E-state index contributed by atoms with van der Waals surface area (Å²) in [5.74, 6) is -0.272. The molecule has 3 aromatic carbocycles. The normalized spacial score (nSPS) is 14.9. The second-order valence-electron chi connectivity index (χ2n) is 10.4. The first-order chi connectivity index (χ1) is 20.5. The van der Waals surface area contributed by atoms with Crippen LogP contribution in [0.25, 0.3) is 22.2 Å². The summed E-state index contributed by atoms with van der Waals surface area (Å²) in [6, 6.07) is 17.6. The third-order valence-electron chi connectivity index (χ3n) is 7.41. The van der Waals surface area contributed by atoms with E-state index in [9.17, 15) is 18.0 Å². The Balaban J connectivity index is 1.46. The first-order valence-electron chi connectivity index (χ1n) is 13.6. The number of fused-ring (bicyclic) bond motifs is 1. The maximum absolute atomic E-state index is 13.8. The predicted molar refractivity (Wildman–Crippen MR) is 169 cm³/mol. The molecule has 10 nitrogen and oxygen atoms in total. The lowest BCUT2D eigenvalue weighted by Crippen LogP contribution is -2.45. The first kappa shape index (κ1) is 31.0. The Labute approximate surface area is 259 Å². The summed E-state index contributed by atoms with van der Waals surface area (Å²) < 4.78 is 33.3. The fourth-order valence-electron chi connectivity index (χ4n) is 5.13. The number of nitrogens with one attached hydrogen (secondary N) is 1. The van der Waals surface area contributed by atoms with Gasteiger partial charge in [-0.15, -0.1) is 0 Å². The third kappa shape index (κ3) is 7.36. The number of morpholine rings is 1. The van der Waals surface area contributed by atoms with Crippen molar-refractivity contribution in [2.75, 3.05) is 50.9 Å². The Kier molecular flexibility index (Phi) is 9.38. The minimum Gasteiger partial charge on any atom is -0.379 e. The largest absolute Gasteiger partial charge is 0.379 e. The van der Waals surface area contributed by atoms with E-state index in [1.165, 1.54) is 10.8 Å². The summed E-state index contributed by atoms with van der Waals surface area (Å²) in [4.78, 5) is 34.6. The second-order valence-corrected chi connectivity index (χ2v) is 13.0. The minimum atomic E-state index is -3.47. The number of nitrogens with zero attached hydrogens (tertiary/aromatic N) is 4. The molecule has 1 aliphatic heterocycles. The molecule has 1 unspecified atom stereocenters. The smallest absolute Gasteiger partial charge is 0.269 e. The minimum absolute atomic E-state index is 0.214. The van der Waals surface area contributed by atoms with E-state index in [2.05, 4.69) is 14.6 Å². The van der Waals surface area contributed by atoms with E-state index in [0.29, 0.717) is 41.5 Å². The van der Waals surface area contributed by atoms with Crippen LogP contribution in [-0.4, -0.2) is 79.8 Å². The number of likely N-dealkylation sites (N-methyl/N-ethyl adjacent to an activating group) is 1. The molecule has 1 N–H and O–H groups in total. The maximum Gasteiger partial charge on any atom is 0.269 e. The molecule has 1 aliphatic rings. The fourth-order valence-corrected chi connectivity index (χ4v) is 6.02. The van der Waals surface area contributed by atoms with Crippen molar-refractivity contribution in [3.63, 3.8) is 0 Å². The summed E-state index contributed by atoms with van der Waals surface area (Å²) in [6.45, 7) is 3.02. The monoisotopic (exact) mass is 643 g/mol. The molecule has 5 rings (SSSR count). The SMILES string of the molecule is CN(C(=O)Cn1c(=O)cnc2cc(Cl)c(Cl)cc21)C(CN1CCOCC1)c1ccc(-c2ccccc2NS(C)(=O)=O)cc1. The molecule has 0 saturated carbocycles. The van der Waals surface area contributed by atoms with Gasteiger partial charge < -0.3 is 9.64 Å². The Morgan fingerprint density at radius 1 is 1.07 bits per heavy atom. The Bertz CT molecular complexity index is 1810. The summed E-state index contributed by atoms with van der Waals surface area (Å²) in [5.41, 5.74) is 3.36. The average molecular weight is 645 g/mol. The Morgan fingerprint density at radius 3 is 2.44 bits per heavy atom. The number of benzene rings is 3. The highest BCUT2D eigenvalue weighted by molar-refractivity contribution is 7.92. The standard InChI is InChI=1S/C30H31Cl2N5O5S/c1-35(30(39)19-37-27-16-24(32)23(31)15-26(27)33-17-29(37)38)28(18-36-11-13-42-14-12-36)21-9-7-20(8-10-21)22-5-3-4-6-25(22)34-43(2,40)41/h3-10,15-17,28,34H,11-14,18-19H2,1-2H3. The van der Waals surface area contributed by atoms with Gasteiger partial charge in [0.25, 0.3) is 5.56 Å². The molecule has 0 bridgehead atoms. The highest BCUT2D eigenvalue weighted by atomic mass is 35.5. The number of carbonyl (C=O) groups excluding carboxylic acids is 1. The van der Waals surface area contributed by atoms with Crippen LogP contribution >= 0.6 is 23.2 Å². The van der Waals surface area contributed by atoms with Crippen LogP contribution in [0.1, 0.15) is 11.6 Å². The van der Waals surface area contributed by atoms with Crippen molar-refractivity contribution in [3.8, 4) is 11.1 Å². The molecule has 226 valence electrons. The number of aromatic nitrogens is 2. The van der Waals surface area contributed by atoms with E-state index in [-0.39, 0.29) is 23.5 Å². The van der Waals surface area contributed by atoms with Crippen molar-refractivity contribution in [2.24, 2.45) is 0 Å². The molecular weight excluding hydrogens is 613 g/mol. The molecule has 4 aromatic rings. The van der Waals surface area contributed by atoms with Gasteiger partial charge in [-0.2, -0.15) is 0 Å². The highest BCUT2D eigenvalue weighted by Gasteiger charge is 2.26. The number of sulfonamides is 1. The predicted octanol–water partition coefficient (Wildman–Crippen LogP) is 4.27. The van der Waals surface area contributed by atoms with E-state index in [1.807, 2.05) is 36.4 Å². The molecule has 1 fully saturated rings. The van der Waals surface area contributed by atoms with Gasteiger partial charge in [-0.1, -0.05) is 65.7 Å². The zero-order valence-corrected chi connectivity index (χ0v) is 26.0. The van der Waals surface area contributed by atoms with E-state index < -0.39 is 15.6 Å². The fraction of sp³-hybridized carbons (Fsp3) is 0.300. The van der Waals surface area contributed by atoms with Crippen LogP contribution in [-0.2, 0) is 26.1 Å². The maximum atomic E-state index is 13.8. The van der Waals surface area contributed by atoms with Crippen LogP contribution in [0.4, 0.5) is 5.69 Å². The van der Waals surface area contributed by atoms with Gasteiger partial charge in [0.2, 0.25) is 15.9 Å². The Morgan fingerprint density at radius 2 is 1.74 bits per heavy atom. The molecule has 0 spiro atoms. The zero-order chi connectivity index (χ0) is 30.7. The van der Waals surface area contributed by atoms with Gasteiger partial charge in [-0.3, -0.25) is 23.8 Å².